The van der Waals surface area contributed by atoms with Crippen LogP contribution in [-0.2, 0) is 9.53 Å². The van der Waals surface area contributed by atoms with Crippen molar-refractivity contribution in [2.24, 2.45) is 4.99 Å². The van der Waals surface area contributed by atoms with Gasteiger partial charge in [0.2, 0.25) is 0 Å². The second kappa shape index (κ2) is 6.40. The number of esters is 1. The molecule has 0 spiro atoms. The van der Waals surface area contributed by atoms with Crippen molar-refractivity contribution in [2.45, 2.75) is 32.9 Å². The van der Waals surface area contributed by atoms with Gasteiger partial charge >= 0.3 is 5.97 Å². The van der Waals surface area contributed by atoms with Crippen LogP contribution in [-0.4, -0.2) is 24.3 Å². The maximum atomic E-state index is 11.5. The number of rotatable bonds is 4. The maximum absolute atomic E-state index is 11.5. The molecule has 1 aromatic rings. The van der Waals surface area contributed by atoms with Crippen LogP contribution in [0, 0.1) is 0 Å². The van der Waals surface area contributed by atoms with Gasteiger partial charge < -0.3 is 4.74 Å². The van der Waals surface area contributed by atoms with E-state index >= 15 is 0 Å². The minimum Gasteiger partial charge on any atom is -0.461 e. The van der Waals surface area contributed by atoms with E-state index in [2.05, 4.69) is 4.99 Å². The fourth-order valence-corrected chi connectivity index (χ4v) is 1.38. The second-order valence-electron chi connectivity index (χ2n) is 3.99. The number of carbonyl (C=O) groups excluding carboxylic acids is 1. The molecular weight excluding hydrogens is 238 g/mol. The second-order valence-corrected chi connectivity index (χ2v) is 4.43. The summed E-state index contributed by atoms with van der Waals surface area (Å²) < 4.78 is 5.05. The van der Waals surface area contributed by atoms with Gasteiger partial charge in [-0.05, 0) is 38.5 Å². The summed E-state index contributed by atoms with van der Waals surface area (Å²) in [4.78, 5) is 15.6. The van der Waals surface area contributed by atoms with Gasteiger partial charge in [-0.15, -0.1) is 0 Å². The Balaban J connectivity index is 2.62. The van der Waals surface area contributed by atoms with Crippen LogP contribution in [0.25, 0.3) is 0 Å². The van der Waals surface area contributed by atoms with Crippen LogP contribution >= 0.6 is 11.6 Å². The van der Waals surface area contributed by atoms with Crippen LogP contribution in [0.15, 0.2) is 29.3 Å². The molecule has 0 saturated heterocycles. The zero-order valence-electron chi connectivity index (χ0n) is 10.2. The van der Waals surface area contributed by atoms with Crippen LogP contribution in [0.2, 0.25) is 5.02 Å². The predicted molar refractivity (Wildman–Crippen MR) is 69.7 cm³/mol. The van der Waals surface area contributed by atoms with Crippen LogP contribution in [0.3, 0.4) is 0 Å². The molecule has 0 amide bonds. The summed E-state index contributed by atoms with van der Waals surface area (Å²) in [6.45, 7) is 5.32. The third-order valence-corrected chi connectivity index (χ3v) is 2.22. The number of halogens is 1. The molecule has 0 N–H and O–H groups in total. The fourth-order valence-electron chi connectivity index (χ4n) is 1.18. The summed E-state index contributed by atoms with van der Waals surface area (Å²) in [7, 11) is 0. The minimum absolute atomic E-state index is 0.119. The summed E-state index contributed by atoms with van der Waals surface area (Å²) in [5, 5.41) is 0.645. The van der Waals surface area contributed by atoms with E-state index in [0.717, 1.165) is 5.56 Å². The average molecular weight is 254 g/mol. The minimum atomic E-state index is -0.503. The van der Waals surface area contributed by atoms with Gasteiger partial charge in [0.1, 0.15) is 6.04 Å². The van der Waals surface area contributed by atoms with Gasteiger partial charge in [-0.1, -0.05) is 23.7 Å². The quantitative estimate of drug-likeness (QED) is 0.611. The lowest BCUT2D eigenvalue weighted by Crippen LogP contribution is -2.21. The van der Waals surface area contributed by atoms with Gasteiger partial charge in [0.05, 0.1) is 6.10 Å². The summed E-state index contributed by atoms with van der Waals surface area (Å²) in [6.07, 6.45) is 1.50. The predicted octanol–water partition coefficient (Wildman–Crippen LogP) is 3.10. The van der Waals surface area contributed by atoms with E-state index in [1.165, 1.54) is 0 Å². The number of aliphatic imine (C=N–C) groups is 1. The molecule has 3 nitrogen and oxygen atoms in total. The Labute approximate surface area is 106 Å². The monoisotopic (exact) mass is 253 g/mol. The first kappa shape index (κ1) is 13.7. The number of carbonyl (C=O) groups is 1. The Morgan fingerprint density at radius 2 is 2.12 bits per heavy atom. The zero-order chi connectivity index (χ0) is 12.8. The Bertz CT molecular complexity index is 416. The van der Waals surface area contributed by atoms with E-state index in [0.29, 0.717) is 5.02 Å². The molecule has 0 aliphatic rings. The molecule has 4 heteroatoms. The van der Waals surface area contributed by atoms with Crippen LogP contribution in [0.5, 0.6) is 0 Å². The topological polar surface area (TPSA) is 38.7 Å². The lowest BCUT2D eigenvalue weighted by atomic mass is 10.2. The first-order valence-electron chi connectivity index (χ1n) is 5.48. The molecule has 0 aliphatic carbocycles. The maximum Gasteiger partial charge on any atom is 0.330 e. The fraction of sp³-hybridized carbons (Fsp3) is 0.385. The van der Waals surface area contributed by atoms with Crippen LogP contribution < -0.4 is 0 Å². The molecule has 0 heterocycles. The van der Waals surface area contributed by atoms with Crippen molar-refractivity contribution in [3.8, 4) is 0 Å². The number of benzene rings is 1. The van der Waals surface area contributed by atoms with Gasteiger partial charge in [0, 0.05) is 11.2 Å². The van der Waals surface area contributed by atoms with Gasteiger partial charge in [0.15, 0.2) is 0 Å². The van der Waals surface area contributed by atoms with Crippen molar-refractivity contribution in [3.63, 3.8) is 0 Å². The smallest absolute Gasteiger partial charge is 0.330 e. The Morgan fingerprint density at radius 1 is 1.41 bits per heavy atom. The van der Waals surface area contributed by atoms with E-state index in [1.807, 2.05) is 26.0 Å². The summed E-state index contributed by atoms with van der Waals surface area (Å²) in [6, 6.07) is 6.77. The largest absolute Gasteiger partial charge is 0.461 e. The van der Waals surface area contributed by atoms with Crippen molar-refractivity contribution in [1.82, 2.24) is 0 Å². The molecule has 0 saturated carbocycles. The van der Waals surface area contributed by atoms with Crippen LogP contribution in [0.4, 0.5) is 0 Å². The third kappa shape index (κ3) is 5.00. The molecule has 0 aliphatic heterocycles. The van der Waals surface area contributed by atoms with Gasteiger partial charge in [-0.2, -0.15) is 0 Å². The molecule has 0 radical (unpaired) electrons. The first-order chi connectivity index (χ1) is 7.99. The number of hydrogen-bond acceptors (Lipinski definition) is 3. The molecule has 92 valence electrons. The molecule has 0 fully saturated rings. The molecule has 17 heavy (non-hydrogen) atoms. The highest BCUT2D eigenvalue weighted by atomic mass is 35.5. The molecule has 0 aromatic heterocycles. The summed E-state index contributed by atoms with van der Waals surface area (Å²) in [5.41, 5.74) is 0.863. The highest BCUT2D eigenvalue weighted by Gasteiger charge is 2.13. The highest BCUT2D eigenvalue weighted by Crippen LogP contribution is 2.09. The average Bonchev–Trinajstić information content (AvgIpc) is 2.25. The Morgan fingerprint density at radius 3 is 2.71 bits per heavy atom. The standard InChI is InChI=1S/C13H16ClNO2/c1-9(2)17-13(16)10(3)15-8-11-5-4-6-12(14)7-11/h4-10H,1-3H3/t10-/m0/s1. The molecule has 1 atom stereocenters. The van der Waals surface area contributed by atoms with E-state index in [1.54, 1.807) is 25.3 Å². The Kier molecular flexibility index (Phi) is 5.16. The van der Waals surface area contributed by atoms with Crippen molar-refractivity contribution in [3.05, 3.63) is 34.9 Å². The molecular formula is C13H16ClNO2. The molecule has 1 rings (SSSR count). The van der Waals surface area contributed by atoms with Crippen molar-refractivity contribution in [2.75, 3.05) is 0 Å². The van der Waals surface area contributed by atoms with Gasteiger partial charge in [-0.25, -0.2) is 4.79 Å². The Hall–Kier alpha value is -1.35. The van der Waals surface area contributed by atoms with E-state index < -0.39 is 6.04 Å². The number of ether oxygens (including phenoxy) is 1. The lowest BCUT2D eigenvalue weighted by molar-refractivity contribution is -0.148. The number of nitrogens with zero attached hydrogens (tertiary/aromatic N) is 1. The number of hydrogen-bond donors (Lipinski definition) is 0. The van der Waals surface area contributed by atoms with E-state index in [-0.39, 0.29) is 12.1 Å². The first-order valence-corrected chi connectivity index (χ1v) is 5.86. The van der Waals surface area contributed by atoms with Crippen LogP contribution in [0.1, 0.15) is 26.3 Å². The summed E-state index contributed by atoms with van der Waals surface area (Å²) in [5.74, 6) is -0.321. The molecule has 1 aromatic carbocycles. The molecule has 0 bridgehead atoms. The highest BCUT2D eigenvalue weighted by molar-refractivity contribution is 6.30. The summed E-state index contributed by atoms with van der Waals surface area (Å²) >= 11 is 5.84. The van der Waals surface area contributed by atoms with E-state index in [9.17, 15) is 4.79 Å². The van der Waals surface area contributed by atoms with Crippen molar-refractivity contribution >= 4 is 23.8 Å². The van der Waals surface area contributed by atoms with Gasteiger partial charge in [-0.3, -0.25) is 4.99 Å². The SMILES string of the molecule is CC(C)OC(=O)[C@H](C)N=Cc1cccc(Cl)c1. The molecule has 0 unspecified atom stereocenters. The van der Waals surface area contributed by atoms with E-state index in [4.69, 9.17) is 16.3 Å². The lowest BCUT2D eigenvalue weighted by Gasteiger charge is -2.10. The van der Waals surface area contributed by atoms with Crippen molar-refractivity contribution in [1.29, 1.82) is 0 Å². The normalized spacial score (nSPS) is 13.0. The van der Waals surface area contributed by atoms with Crippen molar-refractivity contribution < 1.29 is 9.53 Å². The van der Waals surface area contributed by atoms with Gasteiger partial charge in [0.25, 0.3) is 0 Å². The zero-order valence-corrected chi connectivity index (χ0v) is 10.9. The third-order valence-electron chi connectivity index (χ3n) is 1.99.